The smallest absolute Gasteiger partial charge is 0.410 e. The van der Waals surface area contributed by atoms with Crippen LogP contribution in [0.1, 0.15) is 29.9 Å². The van der Waals surface area contributed by atoms with Gasteiger partial charge >= 0.3 is 12.1 Å². The van der Waals surface area contributed by atoms with Gasteiger partial charge in [0.1, 0.15) is 18.1 Å². The molecule has 114 valence electrons. The SMILES string of the molecule is CCOC(=O)c1cnc2c(c1)OCCN(C(=O)OCC)C2. The van der Waals surface area contributed by atoms with Crippen LogP contribution in [0.5, 0.6) is 5.75 Å². The minimum Gasteiger partial charge on any atom is -0.490 e. The lowest BCUT2D eigenvalue weighted by Crippen LogP contribution is -2.33. The molecule has 0 unspecified atom stereocenters. The average molecular weight is 294 g/mol. The molecule has 1 amide bonds. The molecule has 2 rings (SSSR count). The number of pyridine rings is 1. The van der Waals surface area contributed by atoms with E-state index in [1.165, 1.54) is 11.1 Å². The number of ether oxygens (including phenoxy) is 3. The van der Waals surface area contributed by atoms with Crippen molar-refractivity contribution < 1.29 is 23.8 Å². The van der Waals surface area contributed by atoms with Crippen molar-refractivity contribution in [3.8, 4) is 5.75 Å². The van der Waals surface area contributed by atoms with E-state index in [0.717, 1.165) is 0 Å². The van der Waals surface area contributed by atoms with Gasteiger partial charge in [-0.05, 0) is 19.9 Å². The molecule has 0 saturated carbocycles. The largest absolute Gasteiger partial charge is 0.490 e. The Morgan fingerprint density at radius 3 is 2.81 bits per heavy atom. The van der Waals surface area contributed by atoms with E-state index in [-0.39, 0.29) is 6.54 Å². The molecule has 21 heavy (non-hydrogen) atoms. The van der Waals surface area contributed by atoms with E-state index in [1.54, 1.807) is 19.9 Å². The molecule has 1 aromatic heterocycles. The van der Waals surface area contributed by atoms with Crippen LogP contribution in [0, 0.1) is 0 Å². The third-order valence-corrected chi connectivity index (χ3v) is 2.93. The van der Waals surface area contributed by atoms with Crippen molar-refractivity contribution in [2.45, 2.75) is 20.4 Å². The van der Waals surface area contributed by atoms with E-state index in [9.17, 15) is 9.59 Å². The summed E-state index contributed by atoms with van der Waals surface area (Å²) in [7, 11) is 0. The zero-order valence-electron chi connectivity index (χ0n) is 12.1. The number of hydrogen-bond acceptors (Lipinski definition) is 6. The van der Waals surface area contributed by atoms with Crippen LogP contribution in [0.15, 0.2) is 12.3 Å². The predicted molar refractivity (Wildman–Crippen MR) is 73.1 cm³/mol. The topological polar surface area (TPSA) is 78.0 Å². The van der Waals surface area contributed by atoms with Crippen molar-refractivity contribution in [1.82, 2.24) is 9.88 Å². The Morgan fingerprint density at radius 2 is 2.10 bits per heavy atom. The predicted octanol–water partition coefficient (Wildman–Crippen LogP) is 1.61. The van der Waals surface area contributed by atoms with Gasteiger partial charge in [-0.1, -0.05) is 0 Å². The van der Waals surface area contributed by atoms with E-state index < -0.39 is 12.1 Å². The Bertz CT molecular complexity index is 532. The Kier molecular flexibility index (Phi) is 4.97. The van der Waals surface area contributed by atoms with E-state index in [2.05, 4.69) is 4.98 Å². The molecule has 2 heterocycles. The number of rotatable bonds is 3. The number of aromatic nitrogens is 1. The van der Waals surface area contributed by atoms with E-state index in [0.29, 0.717) is 43.4 Å². The van der Waals surface area contributed by atoms with Crippen molar-refractivity contribution in [2.24, 2.45) is 0 Å². The van der Waals surface area contributed by atoms with Crippen LogP contribution < -0.4 is 4.74 Å². The van der Waals surface area contributed by atoms with Crippen LogP contribution in [0.25, 0.3) is 0 Å². The monoisotopic (exact) mass is 294 g/mol. The zero-order valence-corrected chi connectivity index (χ0v) is 12.1. The number of carbonyl (C=O) groups is 2. The summed E-state index contributed by atoms with van der Waals surface area (Å²) in [5, 5.41) is 0. The molecule has 0 N–H and O–H groups in total. The summed E-state index contributed by atoms with van der Waals surface area (Å²) < 4.78 is 15.5. The molecule has 0 radical (unpaired) electrons. The number of fused-ring (bicyclic) bond motifs is 1. The van der Waals surface area contributed by atoms with Crippen molar-refractivity contribution in [1.29, 1.82) is 0 Å². The highest BCUT2D eigenvalue weighted by atomic mass is 16.6. The van der Waals surface area contributed by atoms with Crippen LogP contribution >= 0.6 is 0 Å². The second-order valence-electron chi connectivity index (χ2n) is 4.36. The van der Waals surface area contributed by atoms with Gasteiger partial charge in [0.25, 0.3) is 0 Å². The highest BCUT2D eigenvalue weighted by molar-refractivity contribution is 5.89. The molecule has 1 aromatic rings. The molecule has 0 fully saturated rings. The molecule has 7 nitrogen and oxygen atoms in total. The third kappa shape index (κ3) is 3.62. The Balaban J connectivity index is 2.17. The van der Waals surface area contributed by atoms with Crippen molar-refractivity contribution in [3.63, 3.8) is 0 Å². The Morgan fingerprint density at radius 1 is 1.33 bits per heavy atom. The van der Waals surface area contributed by atoms with Gasteiger partial charge < -0.3 is 14.2 Å². The zero-order chi connectivity index (χ0) is 15.2. The van der Waals surface area contributed by atoms with Gasteiger partial charge in [0.05, 0.1) is 31.9 Å². The first-order valence-corrected chi connectivity index (χ1v) is 6.86. The second-order valence-corrected chi connectivity index (χ2v) is 4.36. The highest BCUT2D eigenvalue weighted by Crippen LogP contribution is 2.23. The lowest BCUT2D eigenvalue weighted by molar-refractivity contribution is 0.0525. The molecule has 7 heteroatoms. The summed E-state index contributed by atoms with van der Waals surface area (Å²) in [6.45, 7) is 5.12. The minimum atomic E-state index is -0.442. The number of carbonyl (C=O) groups excluding carboxylic acids is 2. The normalized spacial score (nSPS) is 13.7. The van der Waals surface area contributed by atoms with Crippen LogP contribution in [0.4, 0.5) is 4.79 Å². The fourth-order valence-corrected chi connectivity index (χ4v) is 1.94. The number of hydrogen-bond donors (Lipinski definition) is 0. The first-order chi connectivity index (χ1) is 10.2. The van der Waals surface area contributed by atoms with E-state index >= 15 is 0 Å². The first-order valence-electron chi connectivity index (χ1n) is 6.86. The molecule has 0 aliphatic carbocycles. The molecular formula is C14H18N2O5. The van der Waals surface area contributed by atoms with Crippen LogP contribution in [-0.4, -0.2) is 48.3 Å². The fraction of sp³-hybridized carbons (Fsp3) is 0.500. The van der Waals surface area contributed by atoms with Gasteiger partial charge in [-0.2, -0.15) is 0 Å². The summed E-state index contributed by atoms with van der Waals surface area (Å²) in [5.74, 6) is 0.0512. The maximum absolute atomic E-state index is 11.8. The standard InChI is InChI=1S/C14H18N2O5/c1-3-19-13(17)10-7-12-11(15-8-10)9-16(5-6-21-12)14(18)20-4-2/h7-8H,3-6,9H2,1-2H3. The lowest BCUT2D eigenvalue weighted by atomic mass is 10.2. The molecule has 0 aromatic carbocycles. The molecule has 1 aliphatic heterocycles. The molecule has 1 aliphatic rings. The van der Waals surface area contributed by atoms with Crippen molar-refractivity contribution in [3.05, 3.63) is 23.5 Å². The molecular weight excluding hydrogens is 276 g/mol. The summed E-state index contributed by atoms with van der Waals surface area (Å²) >= 11 is 0. The average Bonchev–Trinajstić information content (AvgIpc) is 2.69. The third-order valence-electron chi connectivity index (χ3n) is 2.93. The van der Waals surface area contributed by atoms with Gasteiger partial charge in [0, 0.05) is 6.20 Å². The second kappa shape index (κ2) is 6.92. The summed E-state index contributed by atoms with van der Waals surface area (Å²) in [6.07, 6.45) is 1.03. The number of nitrogens with zero attached hydrogens (tertiary/aromatic N) is 2. The molecule has 0 saturated heterocycles. The summed E-state index contributed by atoms with van der Waals surface area (Å²) in [5.41, 5.74) is 0.925. The fourth-order valence-electron chi connectivity index (χ4n) is 1.94. The maximum Gasteiger partial charge on any atom is 0.410 e. The number of esters is 1. The maximum atomic E-state index is 11.8. The summed E-state index contributed by atoms with van der Waals surface area (Å²) in [4.78, 5) is 29.2. The highest BCUT2D eigenvalue weighted by Gasteiger charge is 2.22. The van der Waals surface area contributed by atoms with Gasteiger partial charge in [0.2, 0.25) is 0 Å². The van der Waals surface area contributed by atoms with Gasteiger partial charge in [0.15, 0.2) is 0 Å². The minimum absolute atomic E-state index is 0.289. The van der Waals surface area contributed by atoms with Gasteiger partial charge in [-0.15, -0.1) is 0 Å². The Hall–Kier alpha value is -2.31. The number of amides is 1. The van der Waals surface area contributed by atoms with Crippen LogP contribution in [0.3, 0.4) is 0 Å². The van der Waals surface area contributed by atoms with E-state index in [1.807, 2.05) is 0 Å². The van der Waals surface area contributed by atoms with Gasteiger partial charge in [-0.25, -0.2) is 9.59 Å². The molecule has 0 atom stereocenters. The van der Waals surface area contributed by atoms with Crippen LogP contribution in [-0.2, 0) is 16.0 Å². The summed E-state index contributed by atoms with van der Waals surface area (Å²) in [6, 6.07) is 1.59. The molecule has 0 bridgehead atoms. The Labute approximate surface area is 122 Å². The first kappa shape index (κ1) is 15.1. The van der Waals surface area contributed by atoms with Crippen molar-refractivity contribution in [2.75, 3.05) is 26.4 Å². The quantitative estimate of drug-likeness (QED) is 0.788. The van der Waals surface area contributed by atoms with Crippen molar-refractivity contribution >= 4 is 12.1 Å². The lowest BCUT2D eigenvalue weighted by Gasteiger charge is -2.18. The van der Waals surface area contributed by atoms with E-state index in [4.69, 9.17) is 14.2 Å². The van der Waals surface area contributed by atoms with Crippen LogP contribution in [0.2, 0.25) is 0 Å². The molecule has 0 spiro atoms. The van der Waals surface area contributed by atoms with Gasteiger partial charge in [-0.3, -0.25) is 9.88 Å².